The van der Waals surface area contributed by atoms with Gasteiger partial charge < -0.3 is 42.2 Å². The van der Waals surface area contributed by atoms with Gasteiger partial charge in [0, 0.05) is 12.6 Å². The number of unbranched alkanes of at least 4 members (excludes halogenated alkanes) is 2. The normalized spacial score (nSPS) is 14.0. The maximum absolute atomic E-state index is 13.4. The van der Waals surface area contributed by atoms with Gasteiger partial charge in [-0.1, -0.05) is 65.0 Å². The van der Waals surface area contributed by atoms with Crippen LogP contribution in [0.5, 0.6) is 0 Å². The summed E-state index contributed by atoms with van der Waals surface area (Å²) < 4.78 is 5.20. The van der Waals surface area contributed by atoms with E-state index in [-0.39, 0.29) is 49.3 Å². The van der Waals surface area contributed by atoms with Crippen molar-refractivity contribution >= 4 is 29.9 Å². The fourth-order valence-corrected chi connectivity index (χ4v) is 4.12. The van der Waals surface area contributed by atoms with Gasteiger partial charge in [0.05, 0.1) is 0 Å². The molecule has 0 aliphatic carbocycles. The van der Waals surface area contributed by atoms with Crippen LogP contribution >= 0.6 is 0 Å². The topological polar surface area (TPSA) is 201 Å². The molecule has 0 heterocycles. The Morgan fingerprint density at radius 3 is 2.00 bits per heavy atom. The van der Waals surface area contributed by atoms with Crippen LogP contribution in [-0.4, -0.2) is 72.3 Å². The predicted octanol–water partition coefficient (Wildman–Crippen LogP) is 3.02. The van der Waals surface area contributed by atoms with E-state index in [0.717, 1.165) is 5.56 Å². The third-order valence-electron chi connectivity index (χ3n) is 7.48. The Bertz CT molecular complexity index is 1080. The number of rotatable bonds is 19. The third-order valence-corrected chi connectivity index (χ3v) is 7.48. The third kappa shape index (κ3) is 16.1. The van der Waals surface area contributed by atoms with E-state index < -0.39 is 42.1 Å². The van der Waals surface area contributed by atoms with E-state index >= 15 is 0 Å². The molecule has 0 aliphatic heterocycles. The highest BCUT2D eigenvalue weighted by molar-refractivity contribution is 5.92. The molecule has 0 saturated heterocycles. The molecule has 0 aliphatic rings. The Hall–Kier alpha value is -3.87. The minimum atomic E-state index is -1.20. The van der Waals surface area contributed by atoms with Crippen molar-refractivity contribution in [1.29, 1.82) is 0 Å². The van der Waals surface area contributed by atoms with Gasteiger partial charge in [0.1, 0.15) is 24.7 Å². The number of carboxylic acid groups (broad SMARTS) is 1. The standard InChI is InChI=1S/C32H54N6O7/c1-21(2)26(28(40)35-22(3)32(4,5)6)38-27(39)24(36-30(43)37-25(29(41)42)17-10-12-18-33)16-11-13-19-34-31(44)45-20-23-14-8-7-9-15-23/h7-9,14-15,21-22,24-26H,10-13,16-20,33H2,1-6H3,(H,34,44)(H,35,40)(H,38,39)(H,41,42)(H2,36,37,43)/t22?,24-,25+,26+/m1/s1. The summed E-state index contributed by atoms with van der Waals surface area (Å²) in [4.78, 5) is 63.1. The van der Waals surface area contributed by atoms with Crippen LogP contribution in [-0.2, 0) is 25.7 Å². The number of urea groups is 1. The molecule has 1 aromatic carbocycles. The molecule has 0 spiro atoms. The molecule has 5 amide bonds. The first-order valence-electron chi connectivity index (χ1n) is 15.7. The number of hydrogen-bond donors (Lipinski definition) is 7. The van der Waals surface area contributed by atoms with E-state index in [0.29, 0.717) is 32.2 Å². The van der Waals surface area contributed by atoms with Crippen LogP contribution in [0.15, 0.2) is 30.3 Å². The maximum Gasteiger partial charge on any atom is 0.407 e. The highest BCUT2D eigenvalue weighted by atomic mass is 16.5. The summed E-state index contributed by atoms with van der Waals surface area (Å²) in [6, 6.07) is 5.20. The number of alkyl carbamates (subject to hydrolysis) is 1. The van der Waals surface area contributed by atoms with Gasteiger partial charge in [-0.15, -0.1) is 0 Å². The summed E-state index contributed by atoms with van der Waals surface area (Å²) in [6.45, 7) is 12.3. The smallest absolute Gasteiger partial charge is 0.407 e. The fraction of sp³-hybridized carbons (Fsp3) is 0.656. The molecule has 254 valence electrons. The van der Waals surface area contributed by atoms with Crippen LogP contribution < -0.4 is 32.3 Å². The van der Waals surface area contributed by atoms with Crippen molar-refractivity contribution in [1.82, 2.24) is 26.6 Å². The van der Waals surface area contributed by atoms with Crippen molar-refractivity contribution < 1.29 is 33.8 Å². The number of hydrogen-bond acceptors (Lipinski definition) is 7. The maximum atomic E-state index is 13.4. The molecule has 13 heteroatoms. The molecule has 8 N–H and O–H groups in total. The van der Waals surface area contributed by atoms with Gasteiger partial charge in [0.15, 0.2) is 0 Å². The summed E-state index contributed by atoms with van der Waals surface area (Å²) in [6.07, 6.45) is 1.81. The monoisotopic (exact) mass is 634 g/mol. The average Bonchev–Trinajstić information content (AvgIpc) is 2.97. The second kappa shape index (κ2) is 20.2. The number of amides is 5. The second-order valence-electron chi connectivity index (χ2n) is 12.7. The Morgan fingerprint density at radius 2 is 1.42 bits per heavy atom. The minimum Gasteiger partial charge on any atom is -0.480 e. The van der Waals surface area contributed by atoms with Crippen molar-refractivity contribution in [2.24, 2.45) is 17.1 Å². The molecule has 0 fully saturated rings. The first-order valence-corrected chi connectivity index (χ1v) is 15.7. The summed E-state index contributed by atoms with van der Waals surface area (Å²) in [5, 5.41) is 22.9. The summed E-state index contributed by atoms with van der Waals surface area (Å²) in [7, 11) is 0. The molecule has 4 atom stereocenters. The molecule has 1 aromatic rings. The Balaban J connectivity index is 2.86. The van der Waals surface area contributed by atoms with Crippen molar-refractivity contribution in [3.8, 4) is 0 Å². The molecule has 13 nitrogen and oxygen atoms in total. The number of carbonyl (C=O) groups excluding carboxylic acids is 4. The zero-order valence-corrected chi connectivity index (χ0v) is 27.6. The van der Waals surface area contributed by atoms with Gasteiger partial charge in [0.25, 0.3) is 0 Å². The van der Waals surface area contributed by atoms with E-state index in [9.17, 15) is 29.1 Å². The van der Waals surface area contributed by atoms with Crippen LogP contribution in [0, 0.1) is 11.3 Å². The molecular weight excluding hydrogens is 580 g/mol. The van der Waals surface area contributed by atoms with Crippen LogP contribution in [0.25, 0.3) is 0 Å². The summed E-state index contributed by atoms with van der Waals surface area (Å²) in [5.74, 6) is -2.36. The van der Waals surface area contributed by atoms with Crippen molar-refractivity contribution in [2.75, 3.05) is 13.1 Å². The van der Waals surface area contributed by atoms with Gasteiger partial charge in [-0.25, -0.2) is 14.4 Å². The van der Waals surface area contributed by atoms with E-state index in [4.69, 9.17) is 10.5 Å². The van der Waals surface area contributed by atoms with Gasteiger partial charge in [-0.05, 0) is 68.9 Å². The molecule has 0 bridgehead atoms. The van der Waals surface area contributed by atoms with E-state index in [2.05, 4.69) is 26.6 Å². The lowest BCUT2D eigenvalue weighted by Gasteiger charge is -2.31. The lowest BCUT2D eigenvalue weighted by molar-refractivity contribution is -0.139. The highest BCUT2D eigenvalue weighted by Gasteiger charge is 2.31. The number of nitrogens with one attached hydrogen (secondary N) is 5. The fourth-order valence-electron chi connectivity index (χ4n) is 4.12. The predicted molar refractivity (Wildman–Crippen MR) is 172 cm³/mol. The van der Waals surface area contributed by atoms with E-state index in [1.807, 2.05) is 71.9 Å². The largest absolute Gasteiger partial charge is 0.480 e. The first kappa shape index (κ1) is 39.2. The number of carboxylic acids is 1. The quantitative estimate of drug-likeness (QED) is 0.113. The van der Waals surface area contributed by atoms with Crippen molar-refractivity contribution in [2.45, 2.75) is 111 Å². The first-order chi connectivity index (χ1) is 21.1. The van der Waals surface area contributed by atoms with Crippen molar-refractivity contribution in [3.63, 3.8) is 0 Å². The van der Waals surface area contributed by atoms with Crippen LogP contribution in [0.4, 0.5) is 9.59 Å². The number of ether oxygens (including phenoxy) is 1. The highest BCUT2D eigenvalue weighted by Crippen LogP contribution is 2.19. The van der Waals surface area contributed by atoms with E-state index in [1.54, 1.807) is 0 Å². The molecule has 0 radical (unpaired) electrons. The van der Waals surface area contributed by atoms with Crippen molar-refractivity contribution in [3.05, 3.63) is 35.9 Å². The summed E-state index contributed by atoms with van der Waals surface area (Å²) >= 11 is 0. The zero-order chi connectivity index (χ0) is 34.0. The molecule has 0 aromatic heterocycles. The molecular formula is C32H54N6O7. The SMILES string of the molecule is CC(C)[C@H](NC(=O)[C@@H](CCCCNC(=O)OCc1ccccc1)NC(=O)N[C@@H](CCCCN)C(=O)O)C(=O)NC(C)C(C)(C)C. The number of benzene rings is 1. The number of nitrogens with two attached hydrogens (primary N) is 1. The second-order valence-corrected chi connectivity index (χ2v) is 12.7. The van der Waals surface area contributed by atoms with Gasteiger partial charge in [-0.2, -0.15) is 0 Å². The van der Waals surface area contributed by atoms with Crippen LogP contribution in [0.2, 0.25) is 0 Å². The minimum absolute atomic E-state index is 0.136. The Kier molecular flexibility index (Phi) is 17.6. The average molecular weight is 635 g/mol. The van der Waals surface area contributed by atoms with Crippen LogP contribution in [0.3, 0.4) is 0 Å². The lowest BCUT2D eigenvalue weighted by atomic mass is 9.87. The Labute approximate surface area is 267 Å². The van der Waals surface area contributed by atoms with Crippen LogP contribution in [0.1, 0.15) is 85.6 Å². The lowest BCUT2D eigenvalue weighted by Crippen LogP contribution is -2.58. The van der Waals surface area contributed by atoms with Gasteiger partial charge in [-0.3, -0.25) is 9.59 Å². The molecule has 1 unspecified atom stereocenters. The zero-order valence-electron chi connectivity index (χ0n) is 27.6. The molecule has 1 rings (SSSR count). The summed E-state index contributed by atoms with van der Waals surface area (Å²) in [5.41, 5.74) is 6.15. The number of aliphatic carboxylic acids is 1. The van der Waals surface area contributed by atoms with E-state index in [1.165, 1.54) is 0 Å². The van der Waals surface area contributed by atoms with Gasteiger partial charge >= 0.3 is 18.1 Å². The molecule has 45 heavy (non-hydrogen) atoms. The Morgan fingerprint density at radius 1 is 0.822 bits per heavy atom. The number of carbonyl (C=O) groups is 5. The van der Waals surface area contributed by atoms with Gasteiger partial charge in [0.2, 0.25) is 11.8 Å². The molecule has 0 saturated carbocycles.